The van der Waals surface area contributed by atoms with E-state index in [0.29, 0.717) is 13.0 Å². The molecule has 0 radical (unpaired) electrons. The minimum atomic E-state index is -0.229. The first-order valence-corrected chi connectivity index (χ1v) is 9.66. The molecule has 4 nitrogen and oxygen atoms in total. The summed E-state index contributed by atoms with van der Waals surface area (Å²) in [6, 6.07) is 6.74. The molecule has 1 aromatic heterocycles. The number of carbonyl (C=O) groups is 1. The van der Waals surface area contributed by atoms with Gasteiger partial charge in [-0.1, -0.05) is 12.1 Å². The van der Waals surface area contributed by atoms with Crippen LogP contribution in [0.2, 0.25) is 0 Å². The quantitative estimate of drug-likeness (QED) is 0.821. The molecule has 0 unspecified atom stereocenters. The fraction of sp³-hybridized carbons (Fsp3) is 0.474. The van der Waals surface area contributed by atoms with E-state index in [1.807, 2.05) is 24.6 Å². The normalized spacial score (nSPS) is 16.1. The van der Waals surface area contributed by atoms with Gasteiger partial charge in [-0.15, -0.1) is 11.3 Å². The van der Waals surface area contributed by atoms with Crippen molar-refractivity contribution in [1.29, 1.82) is 0 Å². The second-order valence-corrected chi connectivity index (χ2v) is 7.41. The van der Waals surface area contributed by atoms with Crippen LogP contribution in [-0.2, 0) is 11.2 Å². The number of nitrogens with one attached hydrogen (secondary N) is 1. The van der Waals surface area contributed by atoms with Crippen LogP contribution in [0.1, 0.15) is 41.4 Å². The first-order valence-electron chi connectivity index (χ1n) is 8.78. The van der Waals surface area contributed by atoms with Crippen LogP contribution in [0.5, 0.6) is 0 Å². The molecule has 1 aliphatic heterocycles. The second-order valence-electron chi connectivity index (χ2n) is 6.48. The van der Waals surface area contributed by atoms with Crippen LogP contribution in [0.25, 0.3) is 0 Å². The van der Waals surface area contributed by atoms with Crippen molar-refractivity contribution in [3.63, 3.8) is 0 Å². The highest BCUT2D eigenvalue weighted by Crippen LogP contribution is 2.25. The molecule has 0 spiro atoms. The van der Waals surface area contributed by atoms with Gasteiger partial charge in [0.15, 0.2) is 0 Å². The van der Waals surface area contributed by atoms with Crippen molar-refractivity contribution < 1.29 is 9.18 Å². The maximum absolute atomic E-state index is 13.2. The Kier molecular flexibility index (Phi) is 6.15. The van der Waals surface area contributed by atoms with Crippen molar-refractivity contribution >= 4 is 17.2 Å². The predicted octanol–water partition coefficient (Wildman–Crippen LogP) is 3.48. The molecule has 1 atom stereocenters. The number of thiazole rings is 1. The van der Waals surface area contributed by atoms with E-state index in [2.05, 4.69) is 15.2 Å². The molecule has 1 aliphatic rings. The molecule has 1 aromatic carbocycles. The van der Waals surface area contributed by atoms with E-state index in [1.54, 1.807) is 11.3 Å². The fourth-order valence-electron chi connectivity index (χ4n) is 3.29. The summed E-state index contributed by atoms with van der Waals surface area (Å²) in [5.41, 5.74) is 3.89. The van der Waals surface area contributed by atoms with E-state index in [9.17, 15) is 9.18 Å². The van der Waals surface area contributed by atoms with Crippen LogP contribution in [-0.4, -0.2) is 35.4 Å². The lowest BCUT2D eigenvalue weighted by Crippen LogP contribution is -2.36. The largest absolute Gasteiger partial charge is 0.354 e. The van der Waals surface area contributed by atoms with Crippen molar-refractivity contribution in [3.05, 3.63) is 51.7 Å². The van der Waals surface area contributed by atoms with Crippen LogP contribution in [0, 0.1) is 12.7 Å². The van der Waals surface area contributed by atoms with Gasteiger partial charge >= 0.3 is 0 Å². The average Bonchev–Trinajstić information content (AvgIpc) is 3.27. The minimum absolute atomic E-state index is 0.0547. The van der Waals surface area contributed by atoms with Crippen molar-refractivity contribution in [2.24, 2.45) is 0 Å². The Morgan fingerprint density at radius 1 is 1.32 bits per heavy atom. The zero-order chi connectivity index (χ0) is 17.6. The van der Waals surface area contributed by atoms with Gasteiger partial charge < -0.3 is 5.32 Å². The lowest BCUT2D eigenvalue weighted by molar-refractivity contribution is -0.121. The molecule has 134 valence electrons. The molecule has 1 N–H and O–H groups in total. The number of nitrogens with zero attached hydrogens (tertiary/aromatic N) is 2. The summed E-state index contributed by atoms with van der Waals surface area (Å²) in [4.78, 5) is 20.0. The third-order valence-electron chi connectivity index (χ3n) is 4.75. The maximum atomic E-state index is 13.2. The summed E-state index contributed by atoms with van der Waals surface area (Å²) >= 11 is 1.60. The smallest absolute Gasteiger partial charge is 0.220 e. The van der Waals surface area contributed by atoms with E-state index >= 15 is 0 Å². The molecule has 1 saturated heterocycles. The molecule has 2 aromatic rings. The van der Waals surface area contributed by atoms with Gasteiger partial charge in [0.05, 0.1) is 17.2 Å². The van der Waals surface area contributed by atoms with E-state index in [-0.39, 0.29) is 17.8 Å². The van der Waals surface area contributed by atoms with E-state index in [1.165, 1.54) is 29.9 Å². The van der Waals surface area contributed by atoms with Gasteiger partial charge in [0.1, 0.15) is 5.82 Å². The Morgan fingerprint density at radius 3 is 2.68 bits per heavy atom. The number of benzene rings is 1. The highest BCUT2D eigenvalue weighted by Gasteiger charge is 2.24. The molecule has 3 rings (SSSR count). The second kappa shape index (κ2) is 8.54. The summed E-state index contributed by atoms with van der Waals surface area (Å²) < 4.78 is 13.2. The van der Waals surface area contributed by atoms with Crippen LogP contribution in [0.15, 0.2) is 29.8 Å². The van der Waals surface area contributed by atoms with Crippen molar-refractivity contribution in [2.45, 2.75) is 38.6 Å². The van der Waals surface area contributed by atoms with Gasteiger partial charge in [-0.05, 0) is 57.0 Å². The van der Waals surface area contributed by atoms with Crippen LogP contribution in [0.4, 0.5) is 4.39 Å². The highest BCUT2D eigenvalue weighted by atomic mass is 32.1. The van der Waals surface area contributed by atoms with Gasteiger partial charge in [0.2, 0.25) is 5.91 Å². The van der Waals surface area contributed by atoms with Gasteiger partial charge in [0, 0.05) is 17.8 Å². The highest BCUT2D eigenvalue weighted by molar-refractivity contribution is 7.09. The van der Waals surface area contributed by atoms with Gasteiger partial charge in [0.25, 0.3) is 0 Å². The zero-order valence-corrected chi connectivity index (χ0v) is 15.3. The number of carbonyl (C=O) groups excluding carboxylic acids is 1. The number of hydrogen-bond donors (Lipinski definition) is 1. The fourth-order valence-corrected chi connectivity index (χ4v) is 4.07. The lowest BCUT2D eigenvalue weighted by Gasteiger charge is -2.28. The summed E-state index contributed by atoms with van der Waals surface area (Å²) in [6.07, 6.45) is 3.55. The predicted molar refractivity (Wildman–Crippen MR) is 98.1 cm³/mol. The molecular weight excluding hydrogens is 337 g/mol. The molecule has 0 bridgehead atoms. The molecule has 6 heteroatoms. The summed E-state index contributed by atoms with van der Waals surface area (Å²) in [5, 5.41) is 3.06. The molecule has 25 heavy (non-hydrogen) atoms. The molecule has 0 saturated carbocycles. The Bertz CT molecular complexity index is 695. The average molecular weight is 361 g/mol. The van der Waals surface area contributed by atoms with Crippen LogP contribution < -0.4 is 5.32 Å². The molecule has 1 fully saturated rings. The lowest BCUT2D eigenvalue weighted by atomic mass is 10.1. The van der Waals surface area contributed by atoms with Crippen LogP contribution >= 0.6 is 11.3 Å². The number of amides is 1. The Hall–Kier alpha value is -1.79. The van der Waals surface area contributed by atoms with E-state index in [0.717, 1.165) is 30.8 Å². The van der Waals surface area contributed by atoms with E-state index in [4.69, 9.17) is 0 Å². The molecular formula is C19H24FN3OS. The third-order valence-corrected chi connectivity index (χ3v) is 5.75. The number of rotatable bonds is 7. The van der Waals surface area contributed by atoms with Crippen molar-refractivity contribution in [2.75, 3.05) is 19.6 Å². The molecule has 2 heterocycles. The Balaban J connectivity index is 1.57. The van der Waals surface area contributed by atoms with Crippen LogP contribution in [0.3, 0.4) is 0 Å². The monoisotopic (exact) mass is 361 g/mol. The number of hydrogen-bond acceptors (Lipinski definition) is 4. The number of aryl methyl sites for hydroxylation is 2. The first kappa shape index (κ1) is 18.0. The SMILES string of the molecule is Cc1ncsc1CCC(=O)NC[C@@H](c1ccc(F)cc1)N1CCCC1. The topological polar surface area (TPSA) is 45.2 Å². The maximum Gasteiger partial charge on any atom is 0.220 e. The van der Waals surface area contributed by atoms with Crippen molar-refractivity contribution in [1.82, 2.24) is 15.2 Å². The van der Waals surface area contributed by atoms with Crippen molar-refractivity contribution in [3.8, 4) is 0 Å². The van der Waals surface area contributed by atoms with Gasteiger partial charge in [-0.2, -0.15) is 0 Å². The summed E-state index contributed by atoms with van der Waals surface area (Å²) in [7, 11) is 0. The zero-order valence-electron chi connectivity index (χ0n) is 14.5. The minimum Gasteiger partial charge on any atom is -0.354 e. The Morgan fingerprint density at radius 2 is 2.04 bits per heavy atom. The molecule has 1 amide bonds. The molecule has 0 aliphatic carbocycles. The number of aromatic nitrogens is 1. The van der Waals surface area contributed by atoms with E-state index < -0.39 is 0 Å². The standard InChI is InChI=1S/C19H24FN3OS/c1-14-18(25-13-22-14)8-9-19(24)21-12-17(23-10-2-3-11-23)15-4-6-16(20)7-5-15/h4-7,13,17H,2-3,8-12H2,1H3,(H,21,24)/t17-/m0/s1. The summed E-state index contributed by atoms with van der Waals surface area (Å²) in [5.74, 6) is -0.174. The Labute approximate surface area is 152 Å². The van der Waals surface area contributed by atoms with Gasteiger partial charge in [-0.3, -0.25) is 9.69 Å². The number of likely N-dealkylation sites (tertiary alicyclic amines) is 1. The first-order chi connectivity index (χ1) is 12.1. The third kappa shape index (κ3) is 4.86. The summed E-state index contributed by atoms with van der Waals surface area (Å²) in [6.45, 7) is 4.59. The number of halogens is 1. The van der Waals surface area contributed by atoms with Gasteiger partial charge in [-0.25, -0.2) is 9.37 Å².